The van der Waals surface area contributed by atoms with E-state index in [9.17, 15) is 31.6 Å². The number of nitrogens with zero attached hydrogens (tertiary/aromatic N) is 2. The summed E-state index contributed by atoms with van der Waals surface area (Å²) in [6, 6.07) is 4.09. The summed E-state index contributed by atoms with van der Waals surface area (Å²) < 4.78 is 79.7. The Labute approximate surface area is 175 Å². The minimum absolute atomic E-state index is 0.139. The van der Waals surface area contributed by atoms with Crippen LogP contribution in [0.25, 0.3) is 0 Å². The molecule has 1 aromatic heterocycles. The average Bonchev–Trinajstić information content (AvgIpc) is 3.13. The number of nitrogens with two attached hydrogens (primary N) is 1. The third-order valence-electron chi connectivity index (χ3n) is 4.66. The van der Waals surface area contributed by atoms with Crippen LogP contribution in [0.2, 0.25) is 10.0 Å². The number of allylic oxidation sites excluding steroid dienone is 3. The van der Waals surface area contributed by atoms with Crippen LogP contribution in [0.5, 0.6) is 0 Å². The van der Waals surface area contributed by atoms with Gasteiger partial charge in [-0.2, -0.15) is 36.7 Å². The second kappa shape index (κ2) is 7.25. The van der Waals surface area contributed by atoms with Gasteiger partial charge in [0.25, 0.3) is 0 Å². The lowest BCUT2D eigenvalue weighted by molar-refractivity contribution is -0.137. The monoisotopic (exact) mass is 466 g/mol. The van der Waals surface area contributed by atoms with Crippen molar-refractivity contribution in [2.24, 2.45) is 5.73 Å². The summed E-state index contributed by atoms with van der Waals surface area (Å²) in [6.45, 7) is 0. The maximum atomic E-state index is 13.4. The van der Waals surface area contributed by atoms with Crippen molar-refractivity contribution in [3.8, 4) is 6.07 Å². The van der Waals surface area contributed by atoms with Gasteiger partial charge in [0.1, 0.15) is 0 Å². The molecule has 0 spiro atoms. The zero-order valence-corrected chi connectivity index (χ0v) is 16.1. The maximum absolute atomic E-state index is 13.4. The average molecular weight is 467 g/mol. The van der Waals surface area contributed by atoms with Gasteiger partial charge in [-0.1, -0.05) is 23.2 Å². The Morgan fingerprint density at radius 3 is 2.13 bits per heavy atom. The molecule has 1 aliphatic carbocycles. The van der Waals surface area contributed by atoms with Crippen LogP contribution in [0.3, 0.4) is 0 Å². The molecule has 158 valence electrons. The van der Waals surface area contributed by atoms with Crippen LogP contribution in [0.15, 0.2) is 47.3 Å². The summed E-state index contributed by atoms with van der Waals surface area (Å²) in [6.07, 6.45) is -8.02. The topological polar surface area (TPSA) is 78.5 Å². The van der Waals surface area contributed by atoms with Gasteiger partial charge in [0.15, 0.2) is 0 Å². The van der Waals surface area contributed by atoms with Crippen molar-refractivity contribution in [3.05, 3.63) is 74.2 Å². The molecule has 0 fully saturated rings. The third kappa shape index (κ3) is 3.63. The SMILES string of the molecule is N#CC1=C(C(F)(F)F)C(N)=CC(c2ccn[nH]2)(c2c(Cl)cc(C(F)(F)F)cc2Cl)C1. The van der Waals surface area contributed by atoms with Gasteiger partial charge in [0, 0.05) is 39.5 Å². The fraction of sp³-hybridized carbons (Fsp3) is 0.222. The molecule has 0 saturated carbocycles. The van der Waals surface area contributed by atoms with Crippen molar-refractivity contribution in [1.82, 2.24) is 10.2 Å². The molecule has 0 radical (unpaired) electrons. The molecule has 0 amide bonds. The van der Waals surface area contributed by atoms with Gasteiger partial charge in [-0.05, 0) is 24.3 Å². The Kier molecular flexibility index (Phi) is 5.33. The minimum atomic E-state index is -4.92. The van der Waals surface area contributed by atoms with Crippen LogP contribution in [-0.2, 0) is 11.6 Å². The van der Waals surface area contributed by atoms with E-state index < -0.39 is 56.6 Å². The van der Waals surface area contributed by atoms with Gasteiger partial charge < -0.3 is 5.73 Å². The molecule has 1 atom stereocenters. The standard InChI is InChI=1S/C18H10Cl2F6N4/c19-10-3-9(17(21,22)23)4-11(20)15(10)16(13-1-2-29-30-13)5-8(7-27)14(12(28)6-16)18(24,25)26/h1-4,6H,5,28H2,(H,29,30). The highest BCUT2D eigenvalue weighted by molar-refractivity contribution is 6.36. The highest BCUT2D eigenvalue weighted by atomic mass is 35.5. The molecule has 3 N–H and O–H groups in total. The first-order valence-corrected chi connectivity index (χ1v) is 8.82. The Morgan fingerprint density at radius 1 is 1.10 bits per heavy atom. The Balaban J connectivity index is 2.34. The van der Waals surface area contributed by atoms with Crippen molar-refractivity contribution >= 4 is 23.2 Å². The second-order valence-corrected chi connectivity index (χ2v) is 7.31. The molecule has 1 aliphatic rings. The summed E-state index contributed by atoms with van der Waals surface area (Å²) >= 11 is 12.3. The lowest BCUT2D eigenvalue weighted by Gasteiger charge is -2.36. The molecule has 1 unspecified atom stereocenters. The van der Waals surface area contributed by atoms with Crippen molar-refractivity contribution in [2.45, 2.75) is 24.2 Å². The molecule has 12 heteroatoms. The van der Waals surface area contributed by atoms with E-state index in [4.69, 9.17) is 28.9 Å². The lowest BCUT2D eigenvalue weighted by Crippen LogP contribution is -2.35. The van der Waals surface area contributed by atoms with Gasteiger partial charge in [-0.3, -0.25) is 5.10 Å². The number of alkyl halides is 6. The number of hydrogen-bond donors (Lipinski definition) is 2. The van der Waals surface area contributed by atoms with E-state index in [1.54, 1.807) is 0 Å². The largest absolute Gasteiger partial charge is 0.419 e. The van der Waals surface area contributed by atoms with Gasteiger partial charge in [0.2, 0.25) is 0 Å². The number of H-pyrrole nitrogens is 1. The van der Waals surface area contributed by atoms with Crippen molar-refractivity contribution in [2.75, 3.05) is 0 Å². The van der Waals surface area contributed by atoms with E-state index >= 15 is 0 Å². The van der Waals surface area contributed by atoms with Crippen molar-refractivity contribution in [3.63, 3.8) is 0 Å². The third-order valence-corrected chi connectivity index (χ3v) is 5.26. The van der Waals surface area contributed by atoms with E-state index in [-0.39, 0.29) is 11.3 Å². The molecule has 30 heavy (non-hydrogen) atoms. The minimum Gasteiger partial charge on any atom is -0.398 e. The van der Waals surface area contributed by atoms with E-state index in [1.807, 2.05) is 0 Å². The highest BCUT2D eigenvalue weighted by Crippen LogP contribution is 2.51. The predicted molar refractivity (Wildman–Crippen MR) is 96.4 cm³/mol. The first-order chi connectivity index (χ1) is 13.8. The number of nitriles is 1. The molecule has 3 rings (SSSR count). The van der Waals surface area contributed by atoms with Gasteiger partial charge >= 0.3 is 12.4 Å². The predicted octanol–water partition coefficient (Wildman–Crippen LogP) is 5.65. The first kappa shape index (κ1) is 22.1. The molecule has 2 aromatic rings. The molecule has 1 heterocycles. The number of aromatic amines is 1. The number of rotatable bonds is 2. The van der Waals surface area contributed by atoms with Crippen molar-refractivity contribution < 1.29 is 26.3 Å². The lowest BCUT2D eigenvalue weighted by atomic mass is 9.68. The summed E-state index contributed by atoms with van der Waals surface area (Å²) in [5.74, 6) is 0. The van der Waals surface area contributed by atoms with Crippen LogP contribution in [0.4, 0.5) is 26.3 Å². The molecular formula is C18H10Cl2F6N4. The zero-order chi connectivity index (χ0) is 22.5. The van der Waals surface area contributed by atoms with Gasteiger partial charge in [-0.15, -0.1) is 0 Å². The van der Waals surface area contributed by atoms with Crippen LogP contribution in [0, 0.1) is 11.3 Å². The fourth-order valence-corrected chi connectivity index (χ4v) is 4.32. The highest BCUT2D eigenvalue weighted by Gasteiger charge is 2.48. The molecular weight excluding hydrogens is 457 g/mol. The number of nitrogens with one attached hydrogen (secondary N) is 1. The molecule has 0 saturated heterocycles. The number of halogens is 8. The van der Waals surface area contributed by atoms with E-state index in [2.05, 4.69) is 10.2 Å². The molecule has 4 nitrogen and oxygen atoms in total. The first-order valence-electron chi connectivity index (χ1n) is 8.07. The second-order valence-electron chi connectivity index (χ2n) is 6.49. The Hall–Kier alpha value is -2.64. The van der Waals surface area contributed by atoms with E-state index in [1.165, 1.54) is 18.3 Å². The summed E-state index contributed by atoms with van der Waals surface area (Å²) in [5, 5.41) is 14.8. The maximum Gasteiger partial charge on any atom is 0.419 e. The summed E-state index contributed by atoms with van der Waals surface area (Å²) in [5.41, 5.74) is 0.0401. The number of hydrogen-bond acceptors (Lipinski definition) is 3. The normalized spacial score (nSPS) is 20.2. The Morgan fingerprint density at radius 2 is 1.70 bits per heavy atom. The van der Waals surface area contributed by atoms with Gasteiger partial charge in [-0.25, -0.2) is 0 Å². The van der Waals surface area contributed by atoms with Crippen LogP contribution >= 0.6 is 23.2 Å². The quantitative estimate of drug-likeness (QED) is 0.561. The van der Waals surface area contributed by atoms with E-state index in [0.29, 0.717) is 12.1 Å². The van der Waals surface area contributed by atoms with Crippen molar-refractivity contribution in [1.29, 1.82) is 5.26 Å². The van der Waals surface area contributed by atoms with Gasteiger partial charge in [0.05, 0.1) is 28.3 Å². The van der Waals surface area contributed by atoms with E-state index in [0.717, 1.165) is 6.08 Å². The smallest absolute Gasteiger partial charge is 0.398 e. The number of benzene rings is 1. The van der Waals surface area contributed by atoms with Crippen LogP contribution in [0.1, 0.15) is 23.2 Å². The molecule has 0 aliphatic heterocycles. The summed E-state index contributed by atoms with van der Waals surface area (Å²) in [4.78, 5) is 0. The van der Waals surface area contributed by atoms with Crippen LogP contribution < -0.4 is 5.73 Å². The molecule has 1 aromatic carbocycles. The van der Waals surface area contributed by atoms with Crippen LogP contribution in [-0.4, -0.2) is 16.4 Å². The summed E-state index contributed by atoms with van der Waals surface area (Å²) in [7, 11) is 0. The molecule has 0 bridgehead atoms. The fourth-order valence-electron chi connectivity index (χ4n) is 3.50. The number of aromatic nitrogens is 2. The Bertz CT molecular complexity index is 1070. The zero-order valence-electron chi connectivity index (χ0n) is 14.6.